The van der Waals surface area contributed by atoms with E-state index in [4.69, 9.17) is 0 Å². The monoisotopic (exact) mass is 242 g/mol. The van der Waals surface area contributed by atoms with Gasteiger partial charge < -0.3 is 10.2 Å². The van der Waals surface area contributed by atoms with Crippen molar-refractivity contribution in [3.8, 4) is 0 Å². The van der Waals surface area contributed by atoms with Gasteiger partial charge in [-0.05, 0) is 19.5 Å². The van der Waals surface area contributed by atoms with Crippen LogP contribution in [-0.2, 0) is 0 Å². The van der Waals surface area contributed by atoms with E-state index < -0.39 is 0 Å². The van der Waals surface area contributed by atoms with Gasteiger partial charge in [-0.1, -0.05) is 20.8 Å². The molecule has 1 atom stereocenters. The number of hydrogen-bond donors (Lipinski definition) is 1. The Labute approximate surface area is 102 Å². The first-order valence-electron chi connectivity index (χ1n) is 5.74. The summed E-state index contributed by atoms with van der Waals surface area (Å²) >= 11 is 1.49. The first-order chi connectivity index (χ1) is 7.54. The molecule has 0 aliphatic rings. The zero-order valence-electron chi connectivity index (χ0n) is 10.8. The maximum absolute atomic E-state index is 4.54. The molecule has 16 heavy (non-hydrogen) atoms. The zero-order chi connectivity index (χ0) is 12.1. The third kappa shape index (κ3) is 3.72. The number of aromatic nitrogens is 2. The molecule has 0 aromatic carbocycles. The van der Waals surface area contributed by atoms with Crippen LogP contribution >= 0.6 is 11.5 Å². The van der Waals surface area contributed by atoms with Crippen LogP contribution in [0.5, 0.6) is 0 Å². The molecule has 1 N–H and O–H groups in total. The van der Waals surface area contributed by atoms with Crippen molar-refractivity contribution >= 4 is 16.7 Å². The Morgan fingerprint density at radius 3 is 2.56 bits per heavy atom. The standard InChI is InChI=1S/C11H22N4S/c1-8(2)10-13-11(16-14-10)15(5)7-9(3)6-12-4/h8-9,12H,6-7H2,1-5H3. The summed E-state index contributed by atoms with van der Waals surface area (Å²) in [5.41, 5.74) is 0. The molecule has 1 aromatic heterocycles. The maximum atomic E-state index is 4.54. The van der Waals surface area contributed by atoms with Gasteiger partial charge in [0.15, 0.2) is 0 Å². The minimum absolute atomic E-state index is 0.410. The van der Waals surface area contributed by atoms with Crippen LogP contribution in [0, 0.1) is 5.92 Å². The van der Waals surface area contributed by atoms with E-state index in [1.807, 2.05) is 7.05 Å². The molecular weight excluding hydrogens is 220 g/mol. The second-order valence-electron chi connectivity index (χ2n) is 4.63. The molecule has 0 saturated carbocycles. The van der Waals surface area contributed by atoms with Crippen LogP contribution in [0.25, 0.3) is 0 Å². The quantitative estimate of drug-likeness (QED) is 0.828. The average molecular weight is 242 g/mol. The Balaban J connectivity index is 2.55. The van der Waals surface area contributed by atoms with Gasteiger partial charge in [-0.2, -0.15) is 4.37 Å². The summed E-state index contributed by atoms with van der Waals surface area (Å²) < 4.78 is 4.36. The molecule has 0 bridgehead atoms. The molecule has 0 fully saturated rings. The van der Waals surface area contributed by atoms with Crippen LogP contribution in [0.2, 0.25) is 0 Å². The maximum Gasteiger partial charge on any atom is 0.204 e. The Kier molecular flexibility index (Phi) is 5.15. The van der Waals surface area contributed by atoms with Gasteiger partial charge in [0.2, 0.25) is 5.13 Å². The third-order valence-corrected chi connectivity index (χ3v) is 3.26. The number of nitrogens with one attached hydrogen (secondary N) is 1. The predicted octanol–water partition coefficient (Wildman–Crippen LogP) is 1.95. The highest BCUT2D eigenvalue weighted by molar-refractivity contribution is 7.09. The summed E-state index contributed by atoms with van der Waals surface area (Å²) in [5.74, 6) is 1.97. The largest absolute Gasteiger partial charge is 0.350 e. The van der Waals surface area contributed by atoms with Crippen molar-refractivity contribution in [3.05, 3.63) is 5.82 Å². The van der Waals surface area contributed by atoms with Crippen molar-refractivity contribution in [2.45, 2.75) is 26.7 Å². The fourth-order valence-corrected chi connectivity index (χ4v) is 2.35. The molecule has 0 spiro atoms. The lowest BCUT2D eigenvalue weighted by atomic mass is 10.2. The lowest BCUT2D eigenvalue weighted by molar-refractivity contribution is 0.542. The van der Waals surface area contributed by atoms with Gasteiger partial charge >= 0.3 is 0 Å². The van der Waals surface area contributed by atoms with Crippen LogP contribution in [-0.4, -0.2) is 36.5 Å². The molecule has 4 nitrogen and oxygen atoms in total. The molecule has 1 aromatic rings. The highest BCUT2D eigenvalue weighted by Gasteiger charge is 2.12. The number of rotatable bonds is 6. The van der Waals surface area contributed by atoms with Crippen molar-refractivity contribution in [2.24, 2.45) is 5.92 Å². The highest BCUT2D eigenvalue weighted by Crippen LogP contribution is 2.20. The number of anilines is 1. The Bertz CT molecular complexity index is 311. The second kappa shape index (κ2) is 6.15. The van der Waals surface area contributed by atoms with E-state index in [-0.39, 0.29) is 0 Å². The summed E-state index contributed by atoms with van der Waals surface area (Å²) in [6.07, 6.45) is 0. The molecule has 92 valence electrons. The summed E-state index contributed by atoms with van der Waals surface area (Å²) in [5, 5.41) is 4.21. The van der Waals surface area contributed by atoms with Crippen LogP contribution in [0.4, 0.5) is 5.13 Å². The van der Waals surface area contributed by atoms with Crippen LogP contribution in [0.15, 0.2) is 0 Å². The van der Waals surface area contributed by atoms with E-state index >= 15 is 0 Å². The summed E-state index contributed by atoms with van der Waals surface area (Å²) in [7, 11) is 4.06. The van der Waals surface area contributed by atoms with Gasteiger partial charge in [-0.25, -0.2) is 4.98 Å². The first kappa shape index (κ1) is 13.4. The smallest absolute Gasteiger partial charge is 0.204 e. The van der Waals surface area contributed by atoms with Gasteiger partial charge in [-0.15, -0.1) is 0 Å². The molecular formula is C11H22N4S. The van der Waals surface area contributed by atoms with E-state index in [0.717, 1.165) is 24.0 Å². The van der Waals surface area contributed by atoms with Crippen LogP contribution < -0.4 is 10.2 Å². The molecule has 5 heteroatoms. The Hall–Kier alpha value is -0.680. The van der Waals surface area contributed by atoms with E-state index in [2.05, 4.69) is 47.4 Å². The van der Waals surface area contributed by atoms with Crippen molar-refractivity contribution < 1.29 is 0 Å². The molecule has 1 unspecified atom stereocenters. The first-order valence-corrected chi connectivity index (χ1v) is 6.51. The van der Waals surface area contributed by atoms with Gasteiger partial charge in [0.1, 0.15) is 5.82 Å². The van der Waals surface area contributed by atoms with Gasteiger partial charge in [0, 0.05) is 31.0 Å². The highest BCUT2D eigenvalue weighted by atomic mass is 32.1. The second-order valence-corrected chi connectivity index (χ2v) is 5.36. The minimum Gasteiger partial charge on any atom is -0.350 e. The van der Waals surface area contributed by atoms with Crippen molar-refractivity contribution in [1.29, 1.82) is 0 Å². The summed E-state index contributed by atoms with van der Waals surface area (Å²) in [4.78, 5) is 6.72. The van der Waals surface area contributed by atoms with Crippen molar-refractivity contribution in [3.63, 3.8) is 0 Å². The Morgan fingerprint density at radius 1 is 1.38 bits per heavy atom. The molecule has 1 rings (SSSR count). The van der Waals surface area contributed by atoms with E-state index in [9.17, 15) is 0 Å². The third-order valence-electron chi connectivity index (χ3n) is 2.41. The van der Waals surface area contributed by atoms with Crippen LogP contribution in [0.1, 0.15) is 32.5 Å². The normalized spacial score (nSPS) is 13.1. The van der Waals surface area contributed by atoms with E-state index in [0.29, 0.717) is 11.8 Å². The summed E-state index contributed by atoms with van der Waals surface area (Å²) in [6.45, 7) is 8.51. The lowest BCUT2D eigenvalue weighted by Gasteiger charge is -2.20. The van der Waals surface area contributed by atoms with Gasteiger partial charge in [0.25, 0.3) is 0 Å². The predicted molar refractivity (Wildman–Crippen MR) is 70.4 cm³/mol. The van der Waals surface area contributed by atoms with Gasteiger partial charge in [-0.3, -0.25) is 0 Å². The zero-order valence-corrected chi connectivity index (χ0v) is 11.6. The van der Waals surface area contributed by atoms with Crippen molar-refractivity contribution in [2.75, 3.05) is 32.1 Å². The molecule has 0 aliphatic heterocycles. The van der Waals surface area contributed by atoms with Crippen molar-refractivity contribution in [1.82, 2.24) is 14.7 Å². The van der Waals surface area contributed by atoms with E-state index in [1.165, 1.54) is 11.5 Å². The number of nitrogens with zero attached hydrogens (tertiary/aromatic N) is 3. The number of hydrogen-bond acceptors (Lipinski definition) is 5. The Morgan fingerprint density at radius 2 is 2.06 bits per heavy atom. The summed E-state index contributed by atoms with van der Waals surface area (Å²) in [6, 6.07) is 0. The lowest BCUT2D eigenvalue weighted by Crippen LogP contribution is -2.29. The molecule has 0 aliphatic carbocycles. The average Bonchev–Trinajstić information content (AvgIpc) is 2.66. The fraction of sp³-hybridized carbons (Fsp3) is 0.818. The van der Waals surface area contributed by atoms with E-state index in [1.54, 1.807) is 0 Å². The molecule has 0 amide bonds. The molecule has 1 heterocycles. The van der Waals surface area contributed by atoms with Crippen LogP contribution in [0.3, 0.4) is 0 Å². The topological polar surface area (TPSA) is 41.0 Å². The SMILES string of the molecule is CNCC(C)CN(C)c1nc(C(C)C)ns1. The fourth-order valence-electron chi connectivity index (χ4n) is 1.57. The van der Waals surface area contributed by atoms with Gasteiger partial charge in [0.05, 0.1) is 0 Å². The molecule has 0 saturated heterocycles. The minimum atomic E-state index is 0.410. The molecule has 0 radical (unpaired) electrons.